The van der Waals surface area contributed by atoms with Gasteiger partial charge in [0.05, 0.1) is 35.2 Å². The molecule has 4 atom stereocenters. The Kier molecular flexibility index (Phi) is 7.42. The van der Waals surface area contributed by atoms with Gasteiger partial charge in [-0.2, -0.15) is 0 Å². The molecule has 2 aromatic carbocycles. The molecule has 3 aromatic rings. The van der Waals surface area contributed by atoms with Crippen LogP contribution < -0.4 is 15.5 Å². The van der Waals surface area contributed by atoms with Crippen LogP contribution in [0, 0.1) is 0 Å². The number of hydrogen-bond donors (Lipinski definition) is 2. The van der Waals surface area contributed by atoms with Crippen LogP contribution in [0.2, 0.25) is 5.02 Å². The summed E-state index contributed by atoms with van der Waals surface area (Å²) in [7, 11) is -1.09. The SMILES string of the molecule is O=S1CCc2nc(C3CNCCN3c3ccc(Cl)cc3)nc(N[C@@H]3CCC[C@H]3OCc3ccccc3)c21. The number of hydrogen-bond acceptors (Lipinski definition) is 7. The van der Waals surface area contributed by atoms with Crippen LogP contribution in [0.25, 0.3) is 0 Å². The monoisotopic (exact) mass is 537 g/mol. The summed E-state index contributed by atoms with van der Waals surface area (Å²) < 4.78 is 19.3. The van der Waals surface area contributed by atoms with Gasteiger partial charge in [0.1, 0.15) is 16.8 Å². The van der Waals surface area contributed by atoms with Crippen molar-refractivity contribution in [1.82, 2.24) is 15.3 Å². The molecule has 0 amide bonds. The van der Waals surface area contributed by atoms with Gasteiger partial charge in [0.25, 0.3) is 0 Å². The molecule has 2 N–H and O–H groups in total. The van der Waals surface area contributed by atoms with Crippen molar-refractivity contribution < 1.29 is 8.95 Å². The van der Waals surface area contributed by atoms with Gasteiger partial charge in [0.2, 0.25) is 0 Å². The number of aromatic nitrogens is 2. The van der Waals surface area contributed by atoms with E-state index in [0.29, 0.717) is 18.8 Å². The largest absolute Gasteiger partial charge is 0.371 e. The van der Waals surface area contributed by atoms with E-state index in [0.717, 1.165) is 71.8 Å². The predicted octanol–water partition coefficient (Wildman–Crippen LogP) is 4.49. The molecule has 2 fully saturated rings. The average molecular weight is 538 g/mol. The van der Waals surface area contributed by atoms with Gasteiger partial charge in [-0.05, 0) is 49.1 Å². The van der Waals surface area contributed by atoms with E-state index in [1.807, 2.05) is 30.3 Å². The van der Waals surface area contributed by atoms with Crippen molar-refractivity contribution in [2.24, 2.45) is 0 Å². The zero-order valence-corrected chi connectivity index (χ0v) is 22.3. The summed E-state index contributed by atoms with van der Waals surface area (Å²) in [6, 6.07) is 18.3. The summed E-state index contributed by atoms with van der Waals surface area (Å²) in [5.41, 5.74) is 3.18. The Morgan fingerprint density at radius 3 is 2.78 bits per heavy atom. The van der Waals surface area contributed by atoms with E-state index in [1.54, 1.807) is 0 Å². The minimum absolute atomic E-state index is 0.0245. The number of ether oxygens (including phenoxy) is 1. The number of anilines is 2. The molecule has 7 nitrogen and oxygen atoms in total. The van der Waals surface area contributed by atoms with Gasteiger partial charge >= 0.3 is 0 Å². The molecule has 194 valence electrons. The number of halogens is 1. The molecule has 3 heterocycles. The molecule has 9 heteroatoms. The highest BCUT2D eigenvalue weighted by atomic mass is 35.5. The molecule has 2 unspecified atom stereocenters. The van der Waals surface area contributed by atoms with E-state index in [-0.39, 0.29) is 18.2 Å². The van der Waals surface area contributed by atoms with Crippen molar-refractivity contribution >= 4 is 33.9 Å². The average Bonchev–Trinajstić information content (AvgIpc) is 3.54. The zero-order chi connectivity index (χ0) is 25.2. The Balaban J connectivity index is 1.27. The second-order valence-corrected chi connectivity index (χ2v) is 11.9. The minimum atomic E-state index is -1.09. The van der Waals surface area contributed by atoms with Gasteiger partial charge in [0.15, 0.2) is 5.82 Å². The van der Waals surface area contributed by atoms with E-state index in [9.17, 15) is 4.21 Å². The second kappa shape index (κ2) is 11.1. The number of piperazine rings is 1. The molecule has 0 spiro atoms. The van der Waals surface area contributed by atoms with E-state index in [1.165, 1.54) is 5.56 Å². The fourth-order valence-electron chi connectivity index (χ4n) is 5.58. The maximum Gasteiger partial charge on any atom is 0.154 e. The molecule has 1 aliphatic carbocycles. The minimum Gasteiger partial charge on any atom is -0.371 e. The highest BCUT2D eigenvalue weighted by Gasteiger charge is 2.34. The third-order valence-corrected chi connectivity index (χ3v) is 9.20. The summed E-state index contributed by atoms with van der Waals surface area (Å²) in [6.45, 7) is 3.07. The number of fused-ring (bicyclic) bond motifs is 1. The first kappa shape index (κ1) is 24.8. The summed E-state index contributed by atoms with van der Waals surface area (Å²) in [4.78, 5) is 13.1. The summed E-state index contributed by atoms with van der Waals surface area (Å²) >= 11 is 6.15. The molecule has 6 rings (SSSR count). The first-order chi connectivity index (χ1) is 18.2. The standard InChI is InChI=1S/C28H32ClN5O2S/c29-20-9-11-21(12-10-20)34-15-14-30-17-24(34)27-32-23-13-16-37(35)26(23)28(33-27)31-22-7-4-8-25(22)36-18-19-5-2-1-3-6-19/h1-3,5-6,9-12,22,24-25,30H,4,7-8,13-18H2,(H,31,32,33)/t22-,24?,25-,37?/m1/s1. The molecular weight excluding hydrogens is 506 g/mol. The van der Waals surface area contributed by atoms with Gasteiger partial charge < -0.3 is 20.3 Å². The first-order valence-corrected chi connectivity index (χ1v) is 14.8. The van der Waals surface area contributed by atoms with E-state index in [4.69, 9.17) is 26.3 Å². The van der Waals surface area contributed by atoms with Crippen molar-refractivity contribution in [3.63, 3.8) is 0 Å². The van der Waals surface area contributed by atoms with Crippen molar-refractivity contribution in [2.75, 3.05) is 35.6 Å². The third-order valence-electron chi connectivity index (χ3n) is 7.49. The first-order valence-electron chi connectivity index (χ1n) is 13.1. The Labute approximate surface area is 225 Å². The molecule has 1 saturated heterocycles. The smallest absolute Gasteiger partial charge is 0.154 e. The fraction of sp³-hybridized carbons (Fsp3) is 0.429. The highest BCUT2D eigenvalue weighted by molar-refractivity contribution is 7.85. The number of nitrogens with one attached hydrogen (secondary N) is 2. The van der Waals surface area contributed by atoms with Gasteiger partial charge in [-0.1, -0.05) is 41.9 Å². The maximum absolute atomic E-state index is 13.0. The van der Waals surface area contributed by atoms with Crippen LogP contribution in [0.1, 0.15) is 42.4 Å². The third kappa shape index (κ3) is 5.39. The Bertz CT molecular complexity index is 1260. The molecule has 2 aliphatic heterocycles. The van der Waals surface area contributed by atoms with Crippen LogP contribution >= 0.6 is 11.6 Å². The fourth-order valence-corrected chi connectivity index (χ4v) is 7.02. The van der Waals surface area contributed by atoms with Crippen LogP contribution in [0.5, 0.6) is 0 Å². The maximum atomic E-state index is 13.0. The lowest BCUT2D eigenvalue weighted by molar-refractivity contribution is 0.0393. The Morgan fingerprint density at radius 2 is 1.95 bits per heavy atom. The van der Waals surface area contributed by atoms with Crippen molar-refractivity contribution in [2.45, 2.75) is 55.4 Å². The predicted molar refractivity (Wildman–Crippen MR) is 148 cm³/mol. The highest BCUT2D eigenvalue weighted by Crippen LogP contribution is 2.35. The molecule has 1 aromatic heterocycles. The lowest BCUT2D eigenvalue weighted by Gasteiger charge is -2.37. The quantitative estimate of drug-likeness (QED) is 0.459. The Morgan fingerprint density at radius 1 is 1.11 bits per heavy atom. The zero-order valence-electron chi connectivity index (χ0n) is 20.7. The lowest BCUT2D eigenvalue weighted by Crippen LogP contribution is -2.47. The summed E-state index contributed by atoms with van der Waals surface area (Å²) in [5.74, 6) is 2.09. The normalized spacial score (nSPS) is 25.3. The van der Waals surface area contributed by atoms with Crippen molar-refractivity contribution in [1.29, 1.82) is 0 Å². The molecular formula is C28H32ClN5O2S. The lowest BCUT2D eigenvalue weighted by atomic mass is 10.1. The number of benzene rings is 2. The van der Waals surface area contributed by atoms with Gasteiger partial charge in [-0.25, -0.2) is 9.97 Å². The van der Waals surface area contributed by atoms with Crippen LogP contribution in [0.15, 0.2) is 59.5 Å². The number of nitrogens with zero attached hydrogens (tertiary/aromatic N) is 3. The molecule has 0 radical (unpaired) electrons. The number of aryl methyl sites for hydroxylation is 1. The molecule has 3 aliphatic rings. The number of rotatable bonds is 7. The van der Waals surface area contributed by atoms with Crippen LogP contribution in [-0.4, -0.2) is 51.7 Å². The van der Waals surface area contributed by atoms with Crippen molar-refractivity contribution in [3.8, 4) is 0 Å². The van der Waals surface area contributed by atoms with Crippen LogP contribution in [0.4, 0.5) is 11.5 Å². The second-order valence-electron chi connectivity index (χ2n) is 9.91. The topological polar surface area (TPSA) is 79.4 Å². The van der Waals surface area contributed by atoms with E-state index in [2.05, 4.69) is 39.8 Å². The van der Waals surface area contributed by atoms with E-state index < -0.39 is 10.8 Å². The van der Waals surface area contributed by atoms with Crippen LogP contribution in [-0.2, 0) is 28.6 Å². The van der Waals surface area contributed by atoms with Gasteiger partial charge in [0, 0.05) is 42.5 Å². The van der Waals surface area contributed by atoms with Gasteiger partial charge in [-0.3, -0.25) is 4.21 Å². The van der Waals surface area contributed by atoms with Crippen LogP contribution in [0.3, 0.4) is 0 Å². The molecule has 0 bridgehead atoms. The van der Waals surface area contributed by atoms with Gasteiger partial charge in [-0.15, -0.1) is 0 Å². The summed E-state index contributed by atoms with van der Waals surface area (Å²) in [5, 5.41) is 7.90. The molecule has 37 heavy (non-hydrogen) atoms. The van der Waals surface area contributed by atoms with E-state index >= 15 is 0 Å². The van der Waals surface area contributed by atoms with Crippen molar-refractivity contribution in [3.05, 3.63) is 76.7 Å². The summed E-state index contributed by atoms with van der Waals surface area (Å²) in [6.07, 6.45) is 3.90. The molecule has 1 saturated carbocycles. The Hall–Kier alpha value is -2.52.